The number of nitrogens with one attached hydrogen (secondary N) is 2. The molecule has 0 bridgehead atoms. The second-order valence-corrected chi connectivity index (χ2v) is 8.16. The molecule has 0 aliphatic heterocycles. The highest BCUT2D eigenvalue weighted by atomic mass is 35.5. The first-order valence-corrected chi connectivity index (χ1v) is 9.81. The van der Waals surface area contributed by atoms with Crippen LogP contribution in [0.4, 0.5) is 0 Å². The average molecular weight is 422 g/mol. The number of amides is 1. The summed E-state index contributed by atoms with van der Waals surface area (Å²) in [6.07, 6.45) is 0. The van der Waals surface area contributed by atoms with E-state index >= 15 is 0 Å². The lowest BCUT2D eigenvalue weighted by Gasteiger charge is -2.15. The summed E-state index contributed by atoms with van der Waals surface area (Å²) in [6, 6.07) is 10.1. The molecule has 0 unspecified atom stereocenters. The van der Waals surface area contributed by atoms with Crippen molar-refractivity contribution in [3.8, 4) is 0 Å². The zero-order valence-corrected chi connectivity index (χ0v) is 16.2. The van der Waals surface area contributed by atoms with Crippen molar-refractivity contribution >= 4 is 50.7 Å². The van der Waals surface area contributed by atoms with Gasteiger partial charge in [0.2, 0.25) is 15.9 Å². The lowest BCUT2D eigenvalue weighted by Crippen LogP contribution is -2.44. The summed E-state index contributed by atoms with van der Waals surface area (Å²) in [5, 5.41) is 3.38. The molecule has 0 spiro atoms. The predicted octanol–water partition coefficient (Wildman–Crippen LogP) is 3.63. The molecule has 2 N–H and O–H groups in total. The molecule has 1 amide bonds. The van der Waals surface area contributed by atoms with Gasteiger partial charge in [0.25, 0.3) is 0 Å². The summed E-state index contributed by atoms with van der Waals surface area (Å²) in [5.74, 6) is -0.498. The summed E-state index contributed by atoms with van der Waals surface area (Å²) in [5.41, 5.74) is 0.727. The van der Waals surface area contributed by atoms with E-state index in [1.807, 2.05) is 0 Å². The van der Waals surface area contributed by atoms with Gasteiger partial charge in [0.15, 0.2) is 0 Å². The van der Waals surface area contributed by atoms with Gasteiger partial charge in [-0.2, -0.15) is 4.72 Å². The Labute approximate surface area is 161 Å². The highest BCUT2D eigenvalue weighted by Crippen LogP contribution is 2.25. The van der Waals surface area contributed by atoms with Gasteiger partial charge in [-0.3, -0.25) is 4.79 Å². The van der Waals surface area contributed by atoms with Gasteiger partial charge in [0, 0.05) is 16.6 Å². The SMILES string of the molecule is C[C@H](NS(=O)(=O)c1cc(Cl)ccc1Cl)C(=O)NCc1ccccc1Cl. The Morgan fingerprint density at radius 3 is 2.44 bits per heavy atom. The van der Waals surface area contributed by atoms with Crippen LogP contribution in [0.5, 0.6) is 0 Å². The number of carbonyl (C=O) groups excluding carboxylic acids is 1. The van der Waals surface area contributed by atoms with Crippen molar-refractivity contribution in [3.63, 3.8) is 0 Å². The van der Waals surface area contributed by atoms with E-state index in [1.54, 1.807) is 24.3 Å². The van der Waals surface area contributed by atoms with Gasteiger partial charge in [0.05, 0.1) is 11.1 Å². The van der Waals surface area contributed by atoms with Gasteiger partial charge in [-0.05, 0) is 36.8 Å². The summed E-state index contributed by atoms with van der Waals surface area (Å²) in [7, 11) is -4.00. The minimum absolute atomic E-state index is 0.0144. The van der Waals surface area contributed by atoms with Crippen molar-refractivity contribution in [1.29, 1.82) is 0 Å². The molecule has 0 aliphatic rings. The number of hydrogen-bond donors (Lipinski definition) is 2. The molecule has 25 heavy (non-hydrogen) atoms. The fraction of sp³-hybridized carbons (Fsp3) is 0.188. The van der Waals surface area contributed by atoms with Gasteiger partial charge in [-0.1, -0.05) is 53.0 Å². The molecular formula is C16H15Cl3N2O3S. The van der Waals surface area contributed by atoms with E-state index < -0.39 is 22.0 Å². The quantitative estimate of drug-likeness (QED) is 0.748. The van der Waals surface area contributed by atoms with Crippen LogP contribution >= 0.6 is 34.8 Å². The topological polar surface area (TPSA) is 75.3 Å². The molecule has 0 fully saturated rings. The van der Waals surface area contributed by atoms with Crippen LogP contribution in [-0.4, -0.2) is 20.4 Å². The molecule has 0 saturated heterocycles. The standard InChI is InChI=1S/C16H15Cl3N2O3S/c1-10(16(22)20-9-11-4-2-3-5-13(11)18)21-25(23,24)15-8-12(17)6-7-14(15)19/h2-8,10,21H,9H2,1H3,(H,20,22)/t10-/m0/s1. The van der Waals surface area contributed by atoms with Crippen molar-refractivity contribution in [1.82, 2.24) is 10.0 Å². The maximum absolute atomic E-state index is 12.4. The molecule has 0 aromatic heterocycles. The number of sulfonamides is 1. The van der Waals surface area contributed by atoms with E-state index in [4.69, 9.17) is 34.8 Å². The van der Waals surface area contributed by atoms with Crippen LogP contribution in [0.2, 0.25) is 15.1 Å². The third-order valence-corrected chi connectivity index (χ3v) is 5.94. The van der Waals surface area contributed by atoms with Crippen LogP contribution in [0.25, 0.3) is 0 Å². The minimum Gasteiger partial charge on any atom is -0.351 e. The number of halogens is 3. The van der Waals surface area contributed by atoms with Crippen LogP contribution < -0.4 is 10.0 Å². The zero-order valence-electron chi connectivity index (χ0n) is 13.1. The highest BCUT2D eigenvalue weighted by molar-refractivity contribution is 7.89. The van der Waals surface area contributed by atoms with Crippen LogP contribution in [0.1, 0.15) is 12.5 Å². The van der Waals surface area contributed by atoms with E-state index in [0.29, 0.717) is 5.02 Å². The highest BCUT2D eigenvalue weighted by Gasteiger charge is 2.24. The van der Waals surface area contributed by atoms with Gasteiger partial charge in [-0.25, -0.2) is 8.42 Å². The molecule has 2 aromatic carbocycles. The Kier molecular flexibility index (Phi) is 6.71. The molecular weight excluding hydrogens is 407 g/mol. The number of carbonyl (C=O) groups is 1. The maximum atomic E-state index is 12.4. The van der Waals surface area contributed by atoms with Gasteiger partial charge in [0.1, 0.15) is 4.90 Å². The normalized spacial score (nSPS) is 12.6. The fourth-order valence-electron chi connectivity index (χ4n) is 2.01. The van der Waals surface area contributed by atoms with Gasteiger partial charge in [-0.15, -0.1) is 0 Å². The second-order valence-electron chi connectivity index (χ2n) is 5.23. The Balaban J connectivity index is 2.05. The Morgan fingerprint density at radius 1 is 1.08 bits per heavy atom. The minimum atomic E-state index is -4.00. The van der Waals surface area contributed by atoms with E-state index in [9.17, 15) is 13.2 Å². The Morgan fingerprint density at radius 2 is 1.76 bits per heavy atom. The summed E-state index contributed by atoms with van der Waals surface area (Å²) < 4.78 is 27.1. The predicted molar refractivity (Wildman–Crippen MR) is 99.5 cm³/mol. The first-order chi connectivity index (χ1) is 11.7. The largest absolute Gasteiger partial charge is 0.351 e. The number of benzene rings is 2. The molecule has 5 nitrogen and oxygen atoms in total. The van der Waals surface area contributed by atoms with Gasteiger partial charge >= 0.3 is 0 Å². The van der Waals surface area contributed by atoms with Crippen molar-refractivity contribution < 1.29 is 13.2 Å². The summed E-state index contributed by atoms with van der Waals surface area (Å²) in [4.78, 5) is 12.0. The third kappa shape index (κ3) is 5.33. The fourth-order valence-corrected chi connectivity index (χ4v) is 4.18. The summed E-state index contributed by atoms with van der Waals surface area (Å²) in [6.45, 7) is 1.61. The second kappa shape index (κ2) is 8.38. The van der Waals surface area contributed by atoms with E-state index in [0.717, 1.165) is 5.56 Å². The smallest absolute Gasteiger partial charge is 0.242 e. The molecule has 9 heteroatoms. The molecule has 134 valence electrons. The molecule has 1 atom stereocenters. The van der Waals surface area contributed by atoms with Crippen molar-refractivity contribution in [3.05, 3.63) is 63.1 Å². The van der Waals surface area contributed by atoms with Gasteiger partial charge < -0.3 is 5.32 Å². The molecule has 0 saturated carbocycles. The first kappa shape index (κ1) is 20.0. The average Bonchev–Trinajstić information content (AvgIpc) is 2.55. The lowest BCUT2D eigenvalue weighted by molar-refractivity contribution is -0.122. The van der Waals surface area contributed by atoms with Crippen LogP contribution in [0.15, 0.2) is 47.4 Å². The molecule has 2 rings (SSSR count). The van der Waals surface area contributed by atoms with E-state index in [-0.39, 0.29) is 21.5 Å². The van der Waals surface area contributed by atoms with Crippen molar-refractivity contribution in [2.45, 2.75) is 24.4 Å². The number of hydrogen-bond acceptors (Lipinski definition) is 3. The van der Waals surface area contributed by atoms with Crippen LogP contribution in [0.3, 0.4) is 0 Å². The first-order valence-electron chi connectivity index (χ1n) is 7.19. The van der Waals surface area contributed by atoms with Crippen molar-refractivity contribution in [2.24, 2.45) is 0 Å². The molecule has 0 heterocycles. The molecule has 0 aliphatic carbocycles. The molecule has 2 aromatic rings. The molecule has 0 radical (unpaired) electrons. The van der Waals surface area contributed by atoms with Crippen LogP contribution in [0, 0.1) is 0 Å². The Hall–Kier alpha value is -1.31. The summed E-state index contributed by atoms with van der Waals surface area (Å²) >= 11 is 17.7. The number of rotatable bonds is 6. The lowest BCUT2D eigenvalue weighted by atomic mass is 10.2. The van der Waals surface area contributed by atoms with E-state index in [2.05, 4.69) is 10.0 Å². The monoisotopic (exact) mass is 420 g/mol. The maximum Gasteiger partial charge on any atom is 0.242 e. The van der Waals surface area contributed by atoms with Crippen molar-refractivity contribution in [2.75, 3.05) is 0 Å². The Bertz CT molecular complexity index is 888. The third-order valence-electron chi connectivity index (χ3n) is 3.32. The zero-order chi connectivity index (χ0) is 18.6. The van der Waals surface area contributed by atoms with E-state index in [1.165, 1.54) is 25.1 Å². The van der Waals surface area contributed by atoms with Crippen LogP contribution in [-0.2, 0) is 21.4 Å².